The number of fused-ring (bicyclic) bond motifs is 1. The standard InChI is InChI=1S/C27H30N2O6S/c1-27(29-36(32,33)19-12-8-17(16-28)9-13-19)15-14-22(35-27)23(18-10-11-18)24-25(30)20-6-4-2-3-5-7-21(20)34-26(24)31/h8-9,12-14,18,23,29-30H,2-7,10-11,15H2,1H3. The lowest BCUT2D eigenvalue weighted by atomic mass is 9.88. The van der Waals surface area contributed by atoms with Crippen LogP contribution in [-0.4, -0.2) is 19.2 Å². The summed E-state index contributed by atoms with van der Waals surface area (Å²) in [5, 5.41) is 20.2. The van der Waals surface area contributed by atoms with Gasteiger partial charge in [0, 0.05) is 18.4 Å². The van der Waals surface area contributed by atoms with Crippen LogP contribution < -0.4 is 10.3 Å². The fourth-order valence-electron chi connectivity index (χ4n) is 5.28. The Morgan fingerprint density at radius 2 is 1.83 bits per heavy atom. The normalized spacial score (nSPS) is 22.9. The van der Waals surface area contributed by atoms with Crippen LogP contribution in [0.4, 0.5) is 0 Å². The van der Waals surface area contributed by atoms with Gasteiger partial charge in [-0.1, -0.05) is 12.8 Å². The summed E-state index contributed by atoms with van der Waals surface area (Å²) in [6.45, 7) is 1.64. The van der Waals surface area contributed by atoms with E-state index in [1.807, 2.05) is 6.07 Å². The molecule has 1 aromatic heterocycles. The third kappa shape index (κ3) is 4.80. The average Bonchev–Trinajstić information content (AvgIpc) is 3.59. The Kier molecular flexibility index (Phi) is 6.43. The Bertz CT molecular complexity index is 1400. The number of nitrogens with zero attached hydrogens (tertiary/aromatic N) is 1. The number of hydrogen-bond acceptors (Lipinski definition) is 7. The number of sulfonamides is 1. The molecule has 2 atom stereocenters. The lowest BCUT2D eigenvalue weighted by Gasteiger charge is -2.29. The molecule has 0 spiro atoms. The fraction of sp³-hybridized carbons (Fsp3) is 0.481. The number of rotatable bonds is 6. The van der Waals surface area contributed by atoms with Crippen LogP contribution in [-0.2, 0) is 27.6 Å². The number of nitrogens with one attached hydrogen (secondary N) is 1. The second-order valence-corrected chi connectivity index (χ2v) is 11.9. The van der Waals surface area contributed by atoms with Crippen LogP contribution in [0.2, 0.25) is 0 Å². The van der Waals surface area contributed by atoms with Crippen molar-refractivity contribution in [2.45, 2.75) is 81.2 Å². The first-order chi connectivity index (χ1) is 17.2. The highest BCUT2D eigenvalue weighted by Gasteiger charge is 2.45. The summed E-state index contributed by atoms with van der Waals surface area (Å²) < 4.78 is 40.6. The van der Waals surface area contributed by atoms with E-state index in [1.54, 1.807) is 13.0 Å². The predicted molar refractivity (Wildman–Crippen MR) is 132 cm³/mol. The maximum Gasteiger partial charge on any atom is 0.343 e. The van der Waals surface area contributed by atoms with Crippen molar-refractivity contribution in [1.29, 1.82) is 5.26 Å². The molecular weight excluding hydrogens is 480 g/mol. The highest BCUT2D eigenvalue weighted by Crippen LogP contribution is 2.51. The van der Waals surface area contributed by atoms with Crippen LogP contribution >= 0.6 is 0 Å². The number of aryl methyl sites for hydroxylation is 1. The highest BCUT2D eigenvalue weighted by molar-refractivity contribution is 7.89. The molecule has 2 aromatic rings. The molecule has 3 aliphatic rings. The molecule has 0 amide bonds. The third-order valence-corrected chi connectivity index (χ3v) is 8.88. The van der Waals surface area contributed by atoms with Crippen molar-refractivity contribution >= 4 is 10.0 Å². The maximum atomic E-state index is 13.1. The smallest absolute Gasteiger partial charge is 0.343 e. The molecule has 36 heavy (non-hydrogen) atoms. The van der Waals surface area contributed by atoms with Gasteiger partial charge in [0.25, 0.3) is 0 Å². The molecule has 2 aliphatic carbocycles. The number of ether oxygens (including phenoxy) is 1. The largest absolute Gasteiger partial charge is 0.507 e. The van der Waals surface area contributed by atoms with Gasteiger partial charge >= 0.3 is 5.63 Å². The molecule has 1 fully saturated rings. The summed E-state index contributed by atoms with van der Waals surface area (Å²) in [6.07, 6.45) is 9.14. The van der Waals surface area contributed by atoms with Gasteiger partial charge in [0.15, 0.2) is 5.72 Å². The topological polar surface area (TPSA) is 130 Å². The lowest BCUT2D eigenvalue weighted by Crippen LogP contribution is -2.45. The first-order valence-electron chi connectivity index (χ1n) is 12.5. The molecule has 2 N–H and O–H groups in total. The minimum Gasteiger partial charge on any atom is -0.507 e. The van der Waals surface area contributed by atoms with Crippen molar-refractivity contribution in [3.8, 4) is 11.8 Å². The average molecular weight is 511 g/mol. The van der Waals surface area contributed by atoms with Gasteiger partial charge in [-0.25, -0.2) is 13.2 Å². The van der Waals surface area contributed by atoms with E-state index in [4.69, 9.17) is 14.4 Å². The van der Waals surface area contributed by atoms with E-state index >= 15 is 0 Å². The number of hydrogen-bond donors (Lipinski definition) is 2. The molecule has 1 saturated carbocycles. The van der Waals surface area contributed by atoms with Crippen LogP contribution in [0.3, 0.4) is 0 Å². The lowest BCUT2D eigenvalue weighted by molar-refractivity contribution is 0.0233. The van der Waals surface area contributed by atoms with Crippen molar-refractivity contribution in [3.63, 3.8) is 0 Å². The van der Waals surface area contributed by atoms with E-state index in [-0.39, 0.29) is 28.5 Å². The van der Waals surface area contributed by atoms with Crippen molar-refractivity contribution in [1.82, 2.24) is 4.72 Å². The van der Waals surface area contributed by atoms with Gasteiger partial charge in [-0.2, -0.15) is 9.98 Å². The van der Waals surface area contributed by atoms with E-state index in [9.17, 15) is 18.3 Å². The Balaban J connectivity index is 1.42. The molecule has 0 saturated heterocycles. The maximum absolute atomic E-state index is 13.1. The minimum absolute atomic E-state index is 0.0105. The second kappa shape index (κ2) is 9.41. The molecule has 5 rings (SSSR count). The number of allylic oxidation sites excluding steroid dienone is 1. The van der Waals surface area contributed by atoms with Gasteiger partial charge in [-0.05, 0) is 75.3 Å². The highest BCUT2D eigenvalue weighted by atomic mass is 32.2. The third-order valence-electron chi connectivity index (χ3n) is 7.28. The van der Waals surface area contributed by atoms with Crippen LogP contribution in [0.5, 0.6) is 5.75 Å². The van der Waals surface area contributed by atoms with E-state index < -0.39 is 27.3 Å². The Labute approximate surface area is 210 Å². The quantitative estimate of drug-likeness (QED) is 0.590. The van der Waals surface area contributed by atoms with Gasteiger partial charge < -0.3 is 14.3 Å². The Morgan fingerprint density at radius 1 is 1.14 bits per heavy atom. The fourth-order valence-corrected chi connectivity index (χ4v) is 6.58. The molecule has 8 nitrogen and oxygen atoms in total. The van der Waals surface area contributed by atoms with Gasteiger partial charge in [0.05, 0.1) is 28.0 Å². The van der Waals surface area contributed by atoms with Gasteiger partial charge in [0.2, 0.25) is 10.0 Å². The van der Waals surface area contributed by atoms with E-state index in [1.165, 1.54) is 24.3 Å². The summed E-state index contributed by atoms with van der Waals surface area (Å²) in [6, 6.07) is 7.61. The molecule has 0 bridgehead atoms. The summed E-state index contributed by atoms with van der Waals surface area (Å²) in [5.74, 6) is 0.705. The molecule has 9 heteroatoms. The Hall–Kier alpha value is -3.09. The first-order valence-corrected chi connectivity index (χ1v) is 14.0. The summed E-state index contributed by atoms with van der Waals surface area (Å²) in [7, 11) is -3.93. The predicted octanol–water partition coefficient (Wildman–Crippen LogP) is 4.37. The van der Waals surface area contributed by atoms with E-state index in [0.717, 1.165) is 44.1 Å². The van der Waals surface area contributed by atoms with E-state index in [0.29, 0.717) is 29.9 Å². The summed E-state index contributed by atoms with van der Waals surface area (Å²) in [5.41, 5.74) is -0.488. The van der Waals surface area contributed by atoms with Crippen LogP contribution in [0.1, 0.15) is 80.2 Å². The van der Waals surface area contributed by atoms with Crippen LogP contribution in [0.15, 0.2) is 50.2 Å². The molecule has 2 heterocycles. The number of benzene rings is 1. The molecule has 190 valence electrons. The minimum atomic E-state index is -3.93. The monoisotopic (exact) mass is 510 g/mol. The molecule has 1 aliphatic heterocycles. The molecule has 1 aromatic carbocycles. The molecular formula is C27H30N2O6S. The van der Waals surface area contributed by atoms with Gasteiger partial charge in [-0.15, -0.1) is 0 Å². The van der Waals surface area contributed by atoms with Crippen molar-refractivity contribution in [3.05, 3.63) is 69.0 Å². The zero-order valence-corrected chi connectivity index (χ0v) is 21.1. The Morgan fingerprint density at radius 3 is 2.50 bits per heavy atom. The zero-order chi connectivity index (χ0) is 25.5. The van der Waals surface area contributed by atoms with Gasteiger partial charge in [-0.3, -0.25) is 0 Å². The first kappa shape index (κ1) is 24.6. The summed E-state index contributed by atoms with van der Waals surface area (Å²) >= 11 is 0. The van der Waals surface area contributed by atoms with Crippen molar-refractivity contribution in [2.75, 3.05) is 0 Å². The second-order valence-electron chi connectivity index (χ2n) is 10.2. The number of nitriles is 1. The molecule has 2 unspecified atom stereocenters. The van der Waals surface area contributed by atoms with Crippen LogP contribution in [0, 0.1) is 17.2 Å². The molecule has 0 radical (unpaired) electrons. The SMILES string of the molecule is CC1(NS(=O)(=O)c2ccc(C#N)cc2)CC=C(C(c2c(O)c3c(oc2=O)CCCCCC3)C2CC2)O1. The zero-order valence-electron chi connectivity index (χ0n) is 20.2. The summed E-state index contributed by atoms with van der Waals surface area (Å²) in [4.78, 5) is 13.2. The van der Waals surface area contributed by atoms with Crippen molar-refractivity contribution < 1.29 is 22.7 Å². The number of aromatic hydroxyl groups is 1. The van der Waals surface area contributed by atoms with Crippen molar-refractivity contribution in [2.24, 2.45) is 5.92 Å². The van der Waals surface area contributed by atoms with Crippen LogP contribution in [0.25, 0.3) is 0 Å². The van der Waals surface area contributed by atoms with Gasteiger partial charge in [0.1, 0.15) is 17.3 Å². The van der Waals surface area contributed by atoms with E-state index in [2.05, 4.69) is 4.72 Å².